The molecule has 30 heavy (non-hydrogen) atoms. The Morgan fingerprint density at radius 3 is 2.83 bits per heavy atom. The van der Waals surface area contributed by atoms with Gasteiger partial charge in [0, 0.05) is 32.0 Å². The van der Waals surface area contributed by atoms with Gasteiger partial charge in [-0.1, -0.05) is 12.1 Å². The molecule has 0 saturated carbocycles. The second kappa shape index (κ2) is 7.25. The summed E-state index contributed by atoms with van der Waals surface area (Å²) < 4.78 is 7.07. The lowest BCUT2D eigenvalue weighted by Gasteiger charge is -2.38. The first-order valence-corrected chi connectivity index (χ1v) is 10.2. The van der Waals surface area contributed by atoms with Gasteiger partial charge in [0.15, 0.2) is 0 Å². The third-order valence-corrected chi connectivity index (χ3v) is 6.13. The van der Waals surface area contributed by atoms with E-state index in [1.54, 1.807) is 18.2 Å². The van der Waals surface area contributed by atoms with E-state index in [9.17, 15) is 9.59 Å². The van der Waals surface area contributed by atoms with E-state index in [-0.39, 0.29) is 24.0 Å². The van der Waals surface area contributed by atoms with E-state index in [1.165, 1.54) is 0 Å². The number of amides is 2. The summed E-state index contributed by atoms with van der Waals surface area (Å²) >= 11 is 0. The summed E-state index contributed by atoms with van der Waals surface area (Å²) in [5.41, 5.74) is 5.26. The van der Waals surface area contributed by atoms with Crippen molar-refractivity contribution in [2.24, 2.45) is 0 Å². The standard InChI is InChI=1S/C23H24N4O3/c1-14-3-8-21-24-10-20(27(21)11-14)22(28)25-19-7-5-15-9-16(4-6-18(15)19)23(29)26-12-17(13-26)30-2/h3-4,6,8-11,17,19H,5,7,12-13H2,1-2H3,(H,25,28)/t19-/m1/s1. The van der Waals surface area contributed by atoms with E-state index >= 15 is 0 Å². The number of pyridine rings is 1. The number of hydrogen-bond acceptors (Lipinski definition) is 4. The molecule has 3 aromatic rings. The maximum absolute atomic E-state index is 12.9. The molecule has 3 heterocycles. The molecule has 5 rings (SSSR count). The molecule has 0 spiro atoms. The van der Waals surface area contributed by atoms with Gasteiger partial charge in [-0.15, -0.1) is 0 Å². The van der Waals surface area contributed by atoms with Crippen LogP contribution in [0.5, 0.6) is 0 Å². The average Bonchev–Trinajstić information content (AvgIpc) is 3.30. The number of nitrogens with one attached hydrogen (secondary N) is 1. The topological polar surface area (TPSA) is 75.9 Å². The zero-order chi connectivity index (χ0) is 20.8. The van der Waals surface area contributed by atoms with Crippen LogP contribution in [0.3, 0.4) is 0 Å². The number of rotatable bonds is 4. The van der Waals surface area contributed by atoms with Gasteiger partial charge in [-0.05, 0) is 54.7 Å². The number of aromatic nitrogens is 2. The summed E-state index contributed by atoms with van der Waals surface area (Å²) in [7, 11) is 1.67. The van der Waals surface area contributed by atoms with Crippen molar-refractivity contribution in [2.75, 3.05) is 20.2 Å². The first kappa shape index (κ1) is 18.8. The number of ether oxygens (including phenoxy) is 1. The minimum absolute atomic E-state index is 0.0414. The molecular weight excluding hydrogens is 380 g/mol. The SMILES string of the molecule is COC1CN(C(=O)c2ccc3c(c2)CC[C@H]3NC(=O)c2cnc3ccc(C)cn23)C1. The van der Waals surface area contributed by atoms with Crippen molar-refractivity contribution < 1.29 is 14.3 Å². The number of carbonyl (C=O) groups is 2. The van der Waals surface area contributed by atoms with Crippen molar-refractivity contribution in [1.29, 1.82) is 0 Å². The Labute approximate surface area is 174 Å². The van der Waals surface area contributed by atoms with E-state index in [2.05, 4.69) is 10.3 Å². The molecule has 2 amide bonds. The molecule has 2 aromatic heterocycles. The first-order valence-electron chi connectivity index (χ1n) is 10.2. The van der Waals surface area contributed by atoms with Gasteiger partial charge >= 0.3 is 0 Å². The molecule has 1 aliphatic heterocycles. The lowest BCUT2D eigenvalue weighted by atomic mass is 10.0. The lowest BCUT2D eigenvalue weighted by Crippen LogP contribution is -2.54. The van der Waals surface area contributed by atoms with Crippen LogP contribution in [0.15, 0.2) is 42.7 Å². The second-order valence-corrected chi connectivity index (χ2v) is 8.12. The summed E-state index contributed by atoms with van der Waals surface area (Å²) in [5.74, 6) is -0.100. The van der Waals surface area contributed by atoms with Gasteiger partial charge in [0.1, 0.15) is 11.3 Å². The molecule has 2 aliphatic rings. The van der Waals surface area contributed by atoms with Crippen LogP contribution in [0.1, 0.15) is 50.0 Å². The maximum atomic E-state index is 12.9. The maximum Gasteiger partial charge on any atom is 0.270 e. The molecule has 0 unspecified atom stereocenters. The number of fused-ring (bicyclic) bond motifs is 2. The van der Waals surface area contributed by atoms with Crippen molar-refractivity contribution in [3.8, 4) is 0 Å². The Balaban J connectivity index is 1.32. The first-order chi connectivity index (χ1) is 14.5. The lowest BCUT2D eigenvalue weighted by molar-refractivity contribution is -0.0192. The molecule has 7 nitrogen and oxygen atoms in total. The predicted molar refractivity (Wildman–Crippen MR) is 112 cm³/mol. The molecule has 0 radical (unpaired) electrons. The fraction of sp³-hybridized carbons (Fsp3) is 0.348. The normalized spacial score (nSPS) is 18.3. The summed E-state index contributed by atoms with van der Waals surface area (Å²) in [6.45, 7) is 3.27. The molecule has 1 aromatic carbocycles. The molecule has 1 saturated heterocycles. The number of imidazole rings is 1. The fourth-order valence-corrected chi connectivity index (χ4v) is 4.32. The van der Waals surface area contributed by atoms with Crippen molar-refractivity contribution in [3.05, 3.63) is 70.7 Å². The molecule has 1 atom stereocenters. The average molecular weight is 404 g/mol. The van der Waals surface area contributed by atoms with Crippen LogP contribution in [0.2, 0.25) is 0 Å². The second-order valence-electron chi connectivity index (χ2n) is 8.12. The van der Waals surface area contributed by atoms with Gasteiger partial charge in [-0.3, -0.25) is 14.0 Å². The van der Waals surface area contributed by atoms with Crippen LogP contribution in [-0.2, 0) is 11.2 Å². The van der Waals surface area contributed by atoms with E-state index in [1.807, 2.05) is 47.9 Å². The van der Waals surface area contributed by atoms with Gasteiger partial charge < -0.3 is 15.0 Å². The van der Waals surface area contributed by atoms with Crippen LogP contribution >= 0.6 is 0 Å². The van der Waals surface area contributed by atoms with Crippen LogP contribution in [-0.4, -0.2) is 52.4 Å². The number of benzene rings is 1. The number of aryl methyl sites for hydroxylation is 2. The quantitative estimate of drug-likeness (QED) is 0.725. The molecule has 1 N–H and O–H groups in total. The highest BCUT2D eigenvalue weighted by Gasteiger charge is 2.32. The van der Waals surface area contributed by atoms with E-state index < -0.39 is 0 Å². The zero-order valence-electron chi connectivity index (χ0n) is 17.1. The highest BCUT2D eigenvalue weighted by atomic mass is 16.5. The number of nitrogens with zero attached hydrogens (tertiary/aromatic N) is 3. The van der Waals surface area contributed by atoms with Crippen molar-refractivity contribution in [3.63, 3.8) is 0 Å². The minimum Gasteiger partial charge on any atom is -0.378 e. The monoisotopic (exact) mass is 404 g/mol. The molecule has 0 bridgehead atoms. The Hall–Kier alpha value is -3.19. The van der Waals surface area contributed by atoms with Gasteiger partial charge in [-0.2, -0.15) is 0 Å². The molecule has 7 heteroatoms. The van der Waals surface area contributed by atoms with Gasteiger partial charge in [0.2, 0.25) is 0 Å². The van der Waals surface area contributed by atoms with Gasteiger partial charge in [-0.25, -0.2) is 4.98 Å². The van der Waals surface area contributed by atoms with Crippen molar-refractivity contribution in [2.45, 2.75) is 31.9 Å². The predicted octanol–water partition coefficient (Wildman–Crippen LogP) is 2.53. The van der Waals surface area contributed by atoms with Crippen LogP contribution < -0.4 is 5.32 Å². The number of methoxy groups -OCH3 is 1. The van der Waals surface area contributed by atoms with Gasteiger partial charge in [0.25, 0.3) is 11.8 Å². The summed E-state index contributed by atoms with van der Waals surface area (Å²) in [6, 6.07) is 9.64. The highest BCUT2D eigenvalue weighted by Crippen LogP contribution is 2.32. The fourth-order valence-electron chi connectivity index (χ4n) is 4.32. The smallest absolute Gasteiger partial charge is 0.270 e. The molecular formula is C23H24N4O3. The Bertz CT molecular complexity index is 1150. The zero-order valence-corrected chi connectivity index (χ0v) is 17.1. The van der Waals surface area contributed by atoms with E-state index in [4.69, 9.17) is 4.74 Å². The largest absolute Gasteiger partial charge is 0.378 e. The third kappa shape index (κ3) is 3.15. The van der Waals surface area contributed by atoms with Crippen LogP contribution in [0.25, 0.3) is 5.65 Å². The number of hydrogen-bond donors (Lipinski definition) is 1. The molecule has 1 aliphatic carbocycles. The molecule has 1 fully saturated rings. The van der Waals surface area contributed by atoms with Gasteiger partial charge in [0.05, 0.1) is 18.3 Å². The van der Waals surface area contributed by atoms with E-state index in [0.717, 1.165) is 35.2 Å². The number of carbonyl (C=O) groups excluding carboxylic acids is 2. The Morgan fingerprint density at radius 1 is 1.20 bits per heavy atom. The van der Waals surface area contributed by atoms with Crippen molar-refractivity contribution in [1.82, 2.24) is 19.6 Å². The Morgan fingerprint density at radius 2 is 2.03 bits per heavy atom. The summed E-state index contributed by atoms with van der Waals surface area (Å²) in [5, 5.41) is 3.14. The Kier molecular flexibility index (Phi) is 4.55. The summed E-state index contributed by atoms with van der Waals surface area (Å²) in [6.07, 6.45) is 5.34. The third-order valence-electron chi connectivity index (χ3n) is 6.13. The van der Waals surface area contributed by atoms with Crippen LogP contribution in [0, 0.1) is 6.92 Å². The summed E-state index contributed by atoms with van der Waals surface area (Å²) in [4.78, 5) is 31.7. The minimum atomic E-state index is -0.141. The molecule has 154 valence electrons. The number of likely N-dealkylation sites (tertiary alicyclic amines) is 1. The van der Waals surface area contributed by atoms with Crippen LogP contribution in [0.4, 0.5) is 0 Å². The van der Waals surface area contributed by atoms with E-state index in [0.29, 0.717) is 24.3 Å². The highest BCUT2D eigenvalue weighted by molar-refractivity contribution is 5.95. The van der Waals surface area contributed by atoms with Crippen molar-refractivity contribution >= 4 is 17.5 Å².